The molecule has 0 unspecified atom stereocenters. The number of hydrogen-bond acceptors (Lipinski definition) is 7. The lowest BCUT2D eigenvalue weighted by Gasteiger charge is -2.17. The Morgan fingerprint density at radius 1 is 1.21 bits per heavy atom. The van der Waals surface area contributed by atoms with Gasteiger partial charge in [0.05, 0.1) is 35.4 Å². The van der Waals surface area contributed by atoms with Gasteiger partial charge >= 0.3 is 5.97 Å². The van der Waals surface area contributed by atoms with Crippen molar-refractivity contribution in [3.63, 3.8) is 0 Å². The summed E-state index contributed by atoms with van der Waals surface area (Å²) in [5, 5.41) is 17.3. The Bertz CT molecular complexity index is 1830. The lowest BCUT2D eigenvalue weighted by molar-refractivity contribution is 0.0690. The zero-order chi connectivity index (χ0) is 27.4. The smallest absolute Gasteiger partial charge is 0.358 e. The number of anilines is 1. The Hall–Kier alpha value is -4.84. The van der Waals surface area contributed by atoms with E-state index >= 15 is 0 Å². The molecule has 11 nitrogen and oxygen atoms in total. The van der Waals surface area contributed by atoms with E-state index in [1.807, 2.05) is 13.0 Å². The van der Waals surface area contributed by atoms with Crippen LogP contribution in [-0.4, -0.2) is 45.6 Å². The Morgan fingerprint density at radius 2 is 2.03 bits per heavy atom. The summed E-state index contributed by atoms with van der Waals surface area (Å²) in [4.78, 5) is 36.1. The molecule has 0 aliphatic carbocycles. The molecule has 39 heavy (non-hydrogen) atoms. The highest BCUT2D eigenvalue weighted by Crippen LogP contribution is 2.37. The number of carboxylic acids is 1. The van der Waals surface area contributed by atoms with Crippen LogP contribution < -0.4 is 11.3 Å². The third kappa shape index (κ3) is 4.24. The molecule has 0 amide bonds. The van der Waals surface area contributed by atoms with E-state index in [-0.39, 0.29) is 28.6 Å². The van der Waals surface area contributed by atoms with Gasteiger partial charge in [0.25, 0.3) is 5.56 Å². The number of aromatic amines is 1. The van der Waals surface area contributed by atoms with Gasteiger partial charge in [-0.1, -0.05) is 23.7 Å². The van der Waals surface area contributed by atoms with Crippen molar-refractivity contribution < 1.29 is 14.3 Å². The molecular formula is C26H20ClFN8O3. The van der Waals surface area contributed by atoms with Crippen LogP contribution in [0.5, 0.6) is 0 Å². The molecule has 1 aromatic carbocycles. The monoisotopic (exact) mass is 546 g/mol. The summed E-state index contributed by atoms with van der Waals surface area (Å²) in [6.45, 7) is 2.01. The lowest BCUT2D eigenvalue weighted by atomic mass is 10.0. The molecule has 4 N–H and O–H groups in total. The summed E-state index contributed by atoms with van der Waals surface area (Å²) in [6.07, 6.45) is 3.39. The Kier molecular flexibility index (Phi) is 5.76. The second-order valence-electron chi connectivity index (χ2n) is 9.34. The number of aromatic carboxylic acids is 1. The van der Waals surface area contributed by atoms with Crippen molar-refractivity contribution in [2.75, 3.05) is 5.73 Å². The van der Waals surface area contributed by atoms with E-state index in [0.29, 0.717) is 39.8 Å². The minimum Gasteiger partial charge on any atom is -0.476 e. The summed E-state index contributed by atoms with van der Waals surface area (Å²) in [6, 6.07) is 11.0. The fourth-order valence-corrected chi connectivity index (χ4v) is 5.22. The van der Waals surface area contributed by atoms with E-state index in [1.54, 1.807) is 22.8 Å². The van der Waals surface area contributed by atoms with Gasteiger partial charge < -0.3 is 20.4 Å². The van der Waals surface area contributed by atoms with Crippen molar-refractivity contribution in [1.82, 2.24) is 34.5 Å². The quantitative estimate of drug-likeness (QED) is 0.281. The average Bonchev–Trinajstić information content (AvgIpc) is 3.62. The molecule has 0 spiro atoms. The minimum atomic E-state index is -1.20. The van der Waals surface area contributed by atoms with Gasteiger partial charge in [0.2, 0.25) is 5.95 Å². The fraction of sp³-hybridized carbons (Fsp3) is 0.154. The van der Waals surface area contributed by atoms with E-state index in [9.17, 15) is 19.1 Å². The molecule has 0 fully saturated rings. The van der Waals surface area contributed by atoms with Crippen molar-refractivity contribution in [2.24, 2.45) is 5.92 Å². The maximum absolute atomic E-state index is 14.4. The number of carbonyl (C=O) groups is 1. The second-order valence-corrected chi connectivity index (χ2v) is 9.78. The molecule has 196 valence electrons. The van der Waals surface area contributed by atoms with Crippen molar-refractivity contribution in [3.8, 4) is 28.1 Å². The van der Waals surface area contributed by atoms with E-state index in [4.69, 9.17) is 17.3 Å². The number of halogens is 2. The molecule has 5 heterocycles. The van der Waals surface area contributed by atoms with Gasteiger partial charge in [0.1, 0.15) is 11.6 Å². The van der Waals surface area contributed by atoms with E-state index < -0.39 is 18.0 Å². The number of benzene rings is 1. The fourth-order valence-electron chi connectivity index (χ4n) is 5.04. The Morgan fingerprint density at radius 3 is 2.77 bits per heavy atom. The average molecular weight is 547 g/mol. The van der Waals surface area contributed by atoms with Crippen LogP contribution in [-0.2, 0) is 6.42 Å². The van der Waals surface area contributed by atoms with Gasteiger partial charge in [-0.05, 0) is 54.3 Å². The number of fused-ring (bicyclic) bond motifs is 1. The number of hydrogen-bond donors (Lipinski definition) is 3. The molecule has 0 saturated carbocycles. The first kappa shape index (κ1) is 24.5. The molecule has 1 aliphatic heterocycles. The summed E-state index contributed by atoms with van der Waals surface area (Å²) < 4.78 is 17.4. The topological polar surface area (TPSA) is 158 Å². The van der Waals surface area contributed by atoms with Gasteiger partial charge in [0.15, 0.2) is 5.69 Å². The summed E-state index contributed by atoms with van der Waals surface area (Å²) >= 11 is 6.29. The van der Waals surface area contributed by atoms with Gasteiger partial charge in [-0.2, -0.15) is 4.39 Å². The molecule has 0 radical (unpaired) electrons. The van der Waals surface area contributed by atoms with Gasteiger partial charge in [-0.25, -0.2) is 19.4 Å². The zero-order valence-electron chi connectivity index (χ0n) is 20.3. The van der Waals surface area contributed by atoms with Gasteiger partial charge in [-0.3, -0.25) is 4.79 Å². The highest BCUT2D eigenvalue weighted by Gasteiger charge is 2.34. The maximum Gasteiger partial charge on any atom is 0.358 e. The van der Waals surface area contributed by atoms with Crippen molar-refractivity contribution >= 4 is 23.4 Å². The number of carboxylic acid groups (broad SMARTS) is 1. The first-order valence-corrected chi connectivity index (χ1v) is 12.3. The molecule has 2 atom stereocenters. The highest BCUT2D eigenvalue weighted by atomic mass is 35.5. The Labute approximate surface area is 224 Å². The molecule has 6 rings (SSSR count). The van der Waals surface area contributed by atoms with Gasteiger partial charge in [0, 0.05) is 22.3 Å². The number of nitrogens with one attached hydrogen (secondary N) is 1. The third-order valence-corrected chi connectivity index (χ3v) is 7.00. The van der Waals surface area contributed by atoms with Crippen LogP contribution in [0.1, 0.15) is 35.0 Å². The number of rotatable bonds is 5. The summed E-state index contributed by atoms with van der Waals surface area (Å²) in [5.41, 5.74) is 8.23. The minimum absolute atomic E-state index is 0.00797. The van der Waals surface area contributed by atoms with Crippen molar-refractivity contribution in [1.29, 1.82) is 0 Å². The molecule has 0 bridgehead atoms. The Balaban J connectivity index is 1.41. The number of imidazole rings is 1. The molecule has 13 heteroatoms. The van der Waals surface area contributed by atoms with Crippen LogP contribution in [0, 0.1) is 11.9 Å². The molecule has 0 saturated heterocycles. The predicted octanol–water partition coefficient (Wildman–Crippen LogP) is 3.74. The van der Waals surface area contributed by atoms with Crippen LogP contribution in [0.3, 0.4) is 0 Å². The van der Waals surface area contributed by atoms with Crippen LogP contribution in [0.2, 0.25) is 5.02 Å². The number of pyridine rings is 2. The van der Waals surface area contributed by atoms with Gasteiger partial charge in [-0.15, -0.1) is 5.10 Å². The highest BCUT2D eigenvalue weighted by molar-refractivity contribution is 6.31. The zero-order valence-corrected chi connectivity index (χ0v) is 21.1. The standard InChI is InChI=1S/C26H20ClFN8O3/c1-12-6-15-7-13(17-9-14(27)2-4-20(17)35-11-19(26(38)39)33-34-35)8-22(37)36(15)23(12)25-30-10-18(31-25)16-3-5-21(29)32-24(16)28/h2-5,7-12,23H,6H2,1H3,(H2,29,32)(H,30,31)(H,38,39)/t12-,23-/m0/s1. The number of nitrogen functional groups attached to an aromatic ring is 1. The lowest BCUT2D eigenvalue weighted by Crippen LogP contribution is -2.25. The van der Waals surface area contributed by atoms with E-state index in [2.05, 4.69) is 25.3 Å². The maximum atomic E-state index is 14.4. The van der Waals surface area contributed by atoms with Crippen molar-refractivity contribution in [2.45, 2.75) is 19.4 Å². The molecule has 5 aromatic rings. The summed E-state index contributed by atoms with van der Waals surface area (Å²) in [7, 11) is 0. The number of aromatic nitrogens is 7. The van der Waals surface area contributed by atoms with Crippen LogP contribution >= 0.6 is 11.6 Å². The third-order valence-electron chi connectivity index (χ3n) is 6.76. The SMILES string of the molecule is C[C@H]1Cc2cc(-c3cc(Cl)ccc3-n3cc(C(=O)O)nn3)cc(=O)n2[C@@H]1c1ncc(-c2ccc(N)nc2F)[nH]1. The van der Waals surface area contributed by atoms with Crippen molar-refractivity contribution in [3.05, 3.63) is 93.4 Å². The molecular weight excluding hydrogens is 527 g/mol. The summed E-state index contributed by atoms with van der Waals surface area (Å²) in [5.74, 6) is -1.31. The molecule has 4 aromatic heterocycles. The first-order valence-electron chi connectivity index (χ1n) is 11.9. The van der Waals surface area contributed by atoms with Crippen LogP contribution in [0.4, 0.5) is 10.2 Å². The second kappa shape index (κ2) is 9.17. The number of nitrogens with two attached hydrogens (primary N) is 1. The van der Waals surface area contributed by atoms with Crippen LogP contribution in [0.25, 0.3) is 28.1 Å². The largest absolute Gasteiger partial charge is 0.476 e. The number of H-pyrrole nitrogens is 1. The van der Waals surface area contributed by atoms with E-state index in [1.165, 1.54) is 35.3 Å². The first-order chi connectivity index (χ1) is 18.7. The van der Waals surface area contributed by atoms with E-state index in [0.717, 1.165) is 5.69 Å². The number of nitrogens with zero attached hydrogens (tertiary/aromatic N) is 6. The normalized spacial score (nSPS) is 16.4. The molecule has 1 aliphatic rings. The van der Waals surface area contributed by atoms with Crippen LogP contribution in [0.15, 0.2) is 59.7 Å². The predicted molar refractivity (Wildman–Crippen MR) is 140 cm³/mol.